The van der Waals surface area contributed by atoms with Crippen LogP contribution in [0.1, 0.15) is 5.56 Å². The first kappa shape index (κ1) is 20.0. The molecule has 0 saturated carbocycles. The molecule has 0 aliphatic carbocycles. The Bertz CT molecular complexity index is 682. The first-order valence-electron chi connectivity index (χ1n) is 6.10. The fraction of sp³-hybridized carbons (Fsp3) is 0.333. The van der Waals surface area contributed by atoms with Crippen molar-refractivity contribution >= 4 is 22.1 Å². The minimum Gasteiger partial charge on any atom is -0.731 e. The molecule has 1 unspecified atom stereocenters. The number of rotatable bonds is 6. The van der Waals surface area contributed by atoms with E-state index in [9.17, 15) is 22.6 Å². The van der Waals surface area contributed by atoms with E-state index in [1.165, 1.54) is 0 Å². The number of hydrogen-bond acceptors (Lipinski definition) is 7. The van der Waals surface area contributed by atoms with Crippen LogP contribution in [-0.2, 0) is 36.1 Å². The molecule has 1 aliphatic heterocycles. The van der Waals surface area contributed by atoms with Gasteiger partial charge in [-0.05, 0) is 5.56 Å². The number of methoxy groups -OCH3 is 1. The number of nitrogens with one attached hydrogen (secondary N) is 1. The molecule has 2 amide bonds. The standard InChI is InChI=1S/C12H14N2O7S.Na/c1-20-12(8-14(11(12)16)22(17,18)19)10(15)13-21-7-9-5-3-2-4-6-9;/h2-6H,7-8H2,1H3,(H,13,15)(H,17,18,19);/q;+1/p-1. The summed E-state index contributed by atoms with van der Waals surface area (Å²) in [5.74, 6) is -2.22. The number of carbonyl (C=O) groups is 2. The molecule has 1 aromatic carbocycles. The van der Waals surface area contributed by atoms with Crippen molar-refractivity contribution in [2.24, 2.45) is 0 Å². The average Bonchev–Trinajstić information content (AvgIpc) is 2.46. The van der Waals surface area contributed by atoms with Crippen LogP contribution in [0, 0.1) is 0 Å². The molecule has 1 heterocycles. The summed E-state index contributed by atoms with van der Waals surface area (Å²) in [6.07, 6.45) is 0. The molecule has 11 heteroatoms. The van der Waals surface area contributed by atoms with Gasteiger partial charge in [0.15, 0.2) is 10.3 Å². The number of nitrogens with zero attached hydrogens (tertiary/aromatic N) is 1. The Morgan fingerprint density at radius 1 is 1.39 bits per heavy atom. The van der Waals surface area contributed by atoms with Crippen LogP contribution in [-0.4, -0.2) is 48.3 Å². The van der Waals surface area contributed by atoms with Crippen LogP contribution in [0.4, 0.5) is 0 Å². The van der Waals surface area contributed by atoms with E-state index in [0.29, 0.717) is 0 Å². The van der Waals surface area contributed by atoms with Crippen molar-refractivity contribution in [3.63, 3.8) is 0 Å². The van der Waals surface area contributed by atoms with Crippen molar-refractivity contribution in [1.82, 2.24) is 9.79 Å². The molecule has 120 valence electrons. The van der Waals surface area contributed by atoms with Gasteiger partial charge >= 0.3 is 29.6 Å². The Morgan fingerprint density at radius 2 is 2.00 bits per heavy atom. The number of ether oxygens (including phenoxy) is 1. The van der Waals surface area contributed by atoms with Crippen molar-refractivity contribution in [2.75, 3.05) is 13.7 Å². The second-order valence-electron chi connectivity index (χ2n) is 4.51. The van der Waals surface area contributed by atoms with Gasteiger partial charge in [-0.3, -0.25) is 14.4 Å². The third-order valence-electron chi connectivity index (χ3n) is 3.17. The van der Waals surface area contributed by atoms with Crippen LogP contribution in [0.2, 0.25) is 0 Å². The van der Waals surface area contributed by atoms with E-state index in [0.717, 1.165) is 12.7 Å². The topological polar surface area (TPSA) is 125 Å². The summed E-state index contributed by atoms with van der Waals surface area (Å²) < 4.78 is 37.2. The van der Waals surface area contributed by atoms with Gasteiger partial charge in [0.1, 0.15) is 0 Å². The van der Waals surface area contributed by atoms with E-state index in [-0.39, 0.29) is 40.5 Å². The normalized spacial score (nSPS) is 20.4. The Balaban J connectivity index is 0.00000264. The molecule has 0 bridgehead atoms. The summed E-state index contributed by atoms with van der Waals surface area (Å²) in [5, 5.41) is 0. The van der Waals surface area contributed by atoms with Gasteiger partial charge < -0.3 is 9.29 Å². The SMILES string of the molecule is COC1(C(=O)NOCc2ccccc2)CN(S(=O)(=O)[O-])C1=O.[Na+]. The summed E-state index contributed by atoms with van der Waals surface area (Å²) in [6, 6.07) is 8.90. The Kier molecular flexibility index (Phi) is 6.71. The molecule has 1 aliphatic rings. The van der Waals surface area contributed by atoms with E-state index >= 15 is 0 Å². The van der Waals surface area contributed by atoms with Crippen LogP contribution >= 0.6 is 0 Å². The summed E-state index contributed by atoms with van der Waals surface area (Å²) in [6.45, 7) is -0.640. The summed E-state index contributed by atoms with van der Waals surface area (Å²) in [5.41, 5.74) is 0.734. The summed E-state index contributed by atoms with van der Waals surface area (Å²) in [4.78, 5) is 28.6. The zero-order chi connectivity index (χ0) is 16.4. The molecular weight excluding hydrogens is 339 g/mol. The van der Waals surface area contributed by atoms with E-state index in [1.807, 2.05) is 11.5 Å². The minimum atomic E-state index is -4.96. The average molecular weight is 352 g/mol. The Hall–Kier alpha value is -1.01. The monoisotopic (exact) mass is 352 g/mol. The first-order chi connectivity index (χ1) is 10.3. The molecule has 1 aromatic rings. The number of β-lactam (4-membered cyclic amide) rings is 1. The van der Waals surface area contributed by atoms with Crippen molar-refractivity contribution < 1.29 is 61.7 Å². The smallest absolute Gasteiger partial charge is 0.731 e. The maximum atomic E-state index is 11.9. The zero-order valence-electron chi connectivity index (χ0n) is 12.5. The molecule has 1 N–H and O–H groups in total. The van der Waals surface area contributed by atoms with Gasteiger partial charge in [0, 0.05) is 7.11 Å². The quantitative estimate of drug-likeness (QED) is 0.181. The Morgan fingerprint density at radius 3 is 2.48 bits per heavy atom. The second kappa shape index (κ2) is 7.71. The van der Waals surface area contributed by atoms with E-state index < -0.39 is 34.3 Å². The first-order valence-corrected chi connectivity index (χ1v) is 7.47. The summed E-state index contributed by atoms with van der Waals surface area (Å²) >= 11 is 0. The van der Waals surface area contributed by atoms with Gasteiger partial charge in [0.05, 0.1) is 13.2 Å². The third-order valence-corrected chi connectivity index (χ3v) is 4.00. The second-order valence-corrected chi connectivity index (χ2v) is 5.80. The molecule has 2 rings (SSSR count). The van der Waals surface area contributed by atoms with Gasteiger partial charge in [-0.2, -0.15) is 0 Å². The molecule has 0 aromatic heterocycles. The Labute approximate surface area is 155 Å². The van der Waals surface area contributed by atoms with Gasteiger partial charge in [-0.25, -0.2) is 18.2 Å². The van der Waals surface area contributed by atoms with Crippen LogP contribution in [0.3, 0.4) is 0 Å². The van der Waals surface area contributed by atoms with Gasteiger partial charge in [0.2, 0.25) is 5.60 Å². The van der Waals surface area contributed by atoms with E-state index in [4.69, 9.17) is 9.57 Å². The maximum absolute atomic E-state index is 11.9. The fourth-order valence-corrected chi connectivity index (χ4v) is 2.58. The van der Waals surface area contributed by atoms with Crippen LogP contribution in [0.5, 0.6) is 0 Å². The number of amides is 2. The van der Waals surface area contributed by atoms with E-state index in [1.54, 1.807) is 24.3 Å². The predicted octanol–water partition coefficient (Wildman–Crippen LogP) is -4.07. The van der Waals surface area contributed by atoms with Crippen molar-refractivity contribution in [1.29, 1.82) is 0 Å². The number of hydrogen-bond donors (Lipinski definition) is 1. The maximum Gasteiger partial charge on any atom is 1.00 e. The van der Waals surface area contributed by atoms with Crippen LogP contribution in [0.25, 0.3) is 0 Å². The van der Waals surface area contributed by atoms with Gasteiger partial charge in [0.25, 0.3) is 11.8 Å². The molecule has 9 nitrogen and oxygen atoms in total. The van der Waals surface area contributed by atoms with Crippen molar-refractivity contribution in [2.45, 2.75) is 12.2 Å². The molecule has 1 saturated heterocycles. The fourth-order valence-electron chi connectivity index (χ4n) is 1.89. The van der Waals surface area contributed by atoms with E-state index in [2.05, 4.69) is 0 Å². The zero-order valence-corrected chi connectivity index (χ0v) is 15.3. The number of carbonyl (C=O) groups excluding carboxylic acids is 2. The molecule has 1 fully saturated rings. The molecular formula is C12H13N2NaO7S. The van der Waals surface area contributed by atoms with Gasteiger partial charge in [-0.1, -0.05) is 30.3 Å². The molecule has 0 spiro atoms. The third kappa shape index (κ3) is 4.10. The largest absolute Gasteiger partial charge is 1.00 e. The molecule has 23 heavy (non-hydrogen) atoms. The van der Waals surface area contributed by atoms with Crippen molar-refractivity contribution in [3.8, 4) is 0 Å². The van der Waals surface area contributed by atoms with Crippen LogP contribution < -0.4 is 35.0 Å². The van der Waals surface area contributed by atoms with Crippen molar-refractivity contribution in [3.05, 3.63) is 35.9 Å². The van der Waals surface area contributed by atoms with Crippen LogP contribution in [0.15, 0.2) is 30.3 Å². The summed E-state index contributed by atoms with van der Waals surface area (Å²) in [7, 11) is -3.90. The minimum absolute atomic E-state index is 0. The number of hydroxylamine groups is 1. The molecule has 0 radical (unpaired) electrons. The predicted molar refractivity (Wildman–Crippen MR) is 70.5 cm³/mol. The number of benzene rings is 1. The molecule has 1 atom stereocenters. The van der Waals surface area contributed by atoms with Gasteiger partial charge in [-0.15, -0.1) is 0 Å².